The Kier molecular flexibility index (Phi) is 6.35. The third-order valence-electron chi connectivity index (χ3n) is 4.78. The van der Waals surface area contributed by atoms with Crippen LogP contribution in [0.5, 0.6) is 0 Å². The van der Waals surface area contributed by atoms with Crippen LogP contribution in [0, 0.1) is 5.92 Å². The van der Waals surface area contributed by atoms with E-state index in [1.165, 1.54) is 0 Å². The highest BCUT2D eigenvalue weighted by molar-refractivity contribution is 6.31. The van der Waals surface area contributed by atoms with Gasteiger partial charge in [0.1, 0.15) is 6.10 Å². The van der Waals surface area contributed by atoms with Crippen LogP contribution in [-0.2, 0) is 9.53 Å². The molecule has 0 aliphatic carbocycles. The average molecular weight is 387 g/mol. The molecule has 0 radical (unpaired) electrons. The summed E-state index contributed by atoms with van der Waals surface area (Å²) in [5, 5.41) is 3.46. The number of halogens is 1. The Morgan fingerprint density at radius 1 is 1.07 bits per heavy atom. The second-order valence-corrected chi connectivity index (χ2v) is 7.07. The van der Waals surface area contributed by atoms with Crippen LogP contribution in [0.2, 0.25) is 5.02 Å². The van der Waals surface area contributed by atoms with Crippen LogP contribution < -0.4 is 5.32 Å². The van der Waals surface area contributed by atoms with Gasteiger partial charge < -0.3 is 15.0 Å². The quantitative estimate of drug-likeness (QED) is 0.761. The van der Waals surface area contributed by atoms with Gasteiger partial charge in [0.25, 0.3) is 0 Å². The molecule has 0 unspecified atom stereocenters. The van der Waals surface area contributed by atoms with Gasteiger partial charge in [-0.25, -0.2) is 4.79 Å². The van der Waals surface area contributed by atoms with Crippen molar-refractivity contribution < 1.29 is 14.3 Å². The molecule has 0 saturated carbocycles. The molecule has 1 heterocycles. The summed E-state index contributed by atoms with van der Waals surface area (Å²) in [6, 6.07) is 16.5. The number of ether oxygens (including phenoxy) is 1. The minimum Gasteiger partial charge on any atom is -0.458 e. The van der Waals surface area contributed by atoms with Gasteiger partial charge in [-0.3, -0.25) is 4.79 Å². The number of carbonyl (C=O) groups is 2. The summed E-state index contributed by atoms with van der Waals surface area (Å²) < 4.78 is 5.61. The molecule has 0 spiro atoms. The molecule has 2 aromatic carbocycles. The molecular weight excluding hydrogens is 364 g/mol. The second kappa shape index (κ2) is 8.91. The van der Waals surface area contributed by atoms with Crippen molar-refractivity contribution in [2.24, 2.45) is 5.92 Å². The average Bonchev–Trinajstić information content (AvgIpc) is 2.69. The first kappa shape index (κ1) is 19.2. The lowest BCUT2D eigenvalue weighted by atomic mass is 9.97. The number of carbonyl (C=O) groups excluding carboxylic acids is 2. The zero-order valence-corrected chi connectivity index (χ0v) is 16.0. The van der Waals surface area contributed by atoms with Gasteiger partial charge in [-0.05, 0) is 38.0 Å². The molecule has 0 aromatic heterocycles. The number of piperidine rings is 1. The molecule has 0 bridgehead atoms. The number of nitrogens with one attached hydrogen (secondary N) is 1. The summed E-state index contributed by atoms with van der Waals surface area (Å²) in [6.45, 7) is 2.87. The van der Waals surface area contributed by atoms with E-state index in [0.717, 1.165) is 11.3 Å². The third kappa shape index (κ3) is 5.01. The first-order valence-electron chi connectivity index (χ1n) is 9.10. The number of nitrogens with zero attached hydrogens (tertiary/aromatic N) is 1. The van der Waals surface area contributed by atoms with E-state index >= 15 is 0 Å². The molecular formula is C21H23ClN2O3. The van der Waals surface area contributed by atoms with E-state index in [4.69, 9.17) is 16.3 Å². The van der Waals surface area contributed by atoms with Crippen molar-refractivity contribution in [2.45, 2.75) is 25.9 Å². The molecule has 2 amide bonds. The molecule has 1 aliphatic rings. The molecule has 3 rings (SSSR count). The number of para-hydroxylation sites is 1. The molecule has 1 fully saturated rings. The summed E-state index contributed by atoms with van der Waals surface area (Å²) in [5.74, 6) is -0.429. The SMILES string of the molecule is C[C@H](OC(=O)C1CCN(C(=O)Nc2ccccc2)CC1)c1ccccc1Cl. The van der Waals surface area contributed by atoms with E-state index in [1.54, 1.807) is 11.0 Å². The molecule has 5 nitrogen and oxygen atoms in total. The third-order valence-corrected chi connectivity index (χ3v) is 5.12. The molecule has 142 valence electrons. The van der Waals surface area contributed by atoms with Gasteiger partial charge in [0.05, 0.1) is 5.92 Å². The van der Waals surface area contributed by atoms with Gasteiger partial charge in [0.2, 0.25) is 0 Å². The molecule has 2 aromatic rings. The van der Waals surface area contributed by atoms with Crippen molar-refractivity contribution in [3.8, 4) is 0 Å². The number of likely N-dealkylation sites (tertiary alicyclic amines) is 1. The highest BCUT2D eigenvalue weighted by Crippen LogP contribution is 2.28. The summed E-state index contributed by atoms with van der Waals surface area (Å²) >= 11 is 6.17. The van der Waals surface area contributed by atoms with Gasteiger partial charge in [-0.2, -0.15) is 0 Å². The fourth-order valence-corrected chi connectivity index (χ4v) is 3.47. The maximum atomic E-state index is 12.5. The number of urea groups is 1. The smallest absolute Gasteiger partial charge is 0.321 e. The summed E-state index contributed by atoms with van der Waals surface area (Å²) in [7, 11) is 0. The predicted octanol–water partition coefficient (Wildman–Crippen LogP) is 4.89. The standard InChI is InChI=1S/C21H23ClN2O3/c1-15(18-9-5-6-10-19(18)22)27-20(25)16-11-13-24(14-12-16)21(26)23-17-7-3-2-4-8-17/h2-10,15-16H,11-14H2,1H3,(H,23,26)/t15-/m0/s1. The highest BCUT2D eigenvalue weighted by atomic mass is 35.5. The zero-order chi connectivity index (χ0) is 19.2. The number of benzene rings is 2. The van der Waals surface area contributed by atoms with Gasteiger partial charge in [-0.15, -0.1) is 0 Å². The Morgan fingerprint density at radius 2 is 1.70 bits per heavy atom. The van der Waals surface area contributed by atoms with Gasteiger partial charge in [0.15, 0.2) is 0 Å². The lowest BCUT2D eigenvalue weighted by Gasteiger charge is -2.31. The number of esters is 1. The minimum absolute atomic E-state index is 0.141. The van der Waals surface area contributed by atoms with Crippen molar-refractivity contribution in [3.63, 3.8) is 0 Å². The molecule has 1 saturated heterocycles. The van der Waals surface area contributed by atoms with Crippen molar-refractivity contribution in [2.75, 3.05) is 18.4 Å². The Hall–Kier alpha value is -2.53. The largest absolute Gasteiger partial charge is 0.458 e. The molecule has 6 heteroatoms. The summed E-state index contributed by atoms with van der Waals surface area (Å²) in [6.07, 6.45) is 0.789. The fourth-order valence-electron chi connectivity index (χ4n) is 3.18. The maximum absolute atomic E-state index is 12.5. The summed E-state index contributed by atoms with van der Waals surface area (Å²) in [5.41, 5.74) is 1.56. The van der Waals surface area contributed by atoms with Crippen LogP contribution in [0.1, 0.15) is 31.4 Å². The Balaban J connectivity index is 1.49. The van der Waals surface area contributed by atoms with E-state index in [-0.39, 0.29) is 17.9 Å². The van der Waals surface area contributed by atoms with Crippen molar-refractivity contribution in [3.05, 3.63) is 65.2 Å². The van der Waals surface area contributed by atoms with Gasteiger partial charge in [0, 0.05) is 29.4 Å². The van der Waals surface area contributed by atoms with Crippen molar-refractivity contribution in [1.82, 2.24) is 4.90 Å². The number of rotatable bonds is 4. The number of amides is 2. The molecule has 1 aliphatic heterocycles. The zero-order valence-electron chi connectivity index (χ0n) is 15.2. The van der Waals surface area contributed by atoms with Crippen molar-refractivity contribution in [1.29, 1.82) is 0 Å². The second-order valence-electron chi connectivity index (χ2n) is 6.66. The van der Waals surface area contributed by atoms with Crippen LogP contribution in [0.25, 0.3) is 0 Å². The Morgan fingerprint density at radius 3 is 2.37 bits per heavy atom. The fraction of sp³-hybridized carbons (Fsp3) is 0.333. The molecule has 1 atom stereocenters. The predicted molar refractivity (Wildman–Crippen MR) is 106 cm³/mol. The van der Waals surface area contributed by atoms with Crippen LogP contribution in [0.3, 0.4) is 0 Å². The van der Waals surface area contributed by atoms with Crippen molar-refractivity contribution >= 4 is 29.3 Å². The van der Waals surface area contributed by atoms with Crippen LogP contribution >= 0.6 is 11.6 Å². The Bertz CT molecular complexity index is 789. The van der Waals surface area contributed by atoms with Crippen LogP contribution in [-0.4, -0.2) is 30.0 Å². The van der Waals surface area contributed by atoms with E-state index < -0.39 is 6.10 Å². The Labute approximate surface area is 164 Å². The molecule has 27 heavy (non-hydrogen) atoms. The number of hydrogen-bond donors (Lipinski definition) is 1. The monoisotopic (exact) mass is 386 g/mol. The number of hydrogen-bond acceptors (Lipinski definition) is 3. The first-order chi connectivity index (χ1) is 13.0. The van der Waals surface area contributed by atoms with E-state index in [9.17, 15) is 9.59 Å². The van der Waals surface area contributed by atoms with E-state index in [0.29, 0.717) is 31.0 Å². The van der Waals surface area contributed by atoms with Crippen LogP contribution in [0.15, 0.2) is 54.6 Å². The lowest BCUT2D eigenvalue weighted by Crippen LogP contribution is -2.42. The minimum atomic E-state index is -0.398. The van der Waals surface area contributed by atoms with Gasteiger partial charge in [-0.1, -0.05) is 48.0 Å². The van der Waals surface area contributed by atoms with Crippen LogP contribution in [0.4, 0.5) is 10.5 Å². The lowest BCUT2D eigenvalue weighted by molar-refractivity contribution is -0.155. The molecule has 1 N–H and O–H groups in total. The summed E-state index contributed by atoms with van der Waals surface area (Å²) in [4.78, 5) is 26.5. The topological polar surface area (TPSA) is 58.6 Å². The first-order valence-corrected chi connectivity index (χ1v) is 9.48. The highest BCUT2D eigenvalue weighted by Gasteiger charge is 2.29. The number of anilines is 1. The van der Waals surface area contributed by atoms with E-state index in [2.05, 4.69) is 5.32 Å². The van der Waals surface area contributed by atoms with Gasteiger partial charge >= 0.3 is 12.0 Å². The maximum Gasteiger partial charge on any atom is 0.321 e. The van der Waals surface area contributed by atoms with E-state index in [1.807, 2.05) is 55.5 Å². The normalized spacial score (nSPS) is 15.9.